The Morgan fingerprint density at radius 3 is 2.90 bits per heavy atom. The molecule has 0 spiro atoms. The lowest BCUT2D eigenvalue weighted by Gasteiger charge is -2.22. The Balaban J connectivity index is 1.71. The summed E-state index contributed by atoms with van der Waals surface area (Å²) in [6, 6.07) is 4.08. The molecule has 108 valence electrons. The first-order valence-corrected chi connectivity index (χ1v) is 7.89. The van der Waals surface area contributed by atoms with E-state index >= 15 is 0 Å². The fraction of sp³-hybridized carbons (Fsp3) is 0.533. The normalized spacial score (nSPS) is 19.5. The molecule has 1 aliphatic heterocycles. The van der Waals surface area contributed by atoms with E-state index in [1.54, 1.807) is 0 Å². The summed E-state index contributed by atoms with van der Waals surface area (Å²) < 4.78 is 6.69. The van der Waals surface area contributed by atoms with Crippen LogP contribution in [0.2, 0.25) is 0 Å². The minimum atomic E-state index is -0.671. The highest BCUT2D eigenvalue weighted by atomic mass is 79.9. The molecule has 1 aliphatic carbocycles. The largest absolute Gasteiger partial charge is 0.493 e. The Morgan fingerprint density at radius 1 is 1.40 bits per heavy atom. The molecule has 0 bridgehead atoms. The van der Waals surface area contributed by atoms with Gasteiger partial charge in [0.15, 0.2) is 0 Å². The maximum atomic E-state index is 12.2. The van der Waals surface area contributed by atoms with Crippen LogP contribution in [0.4, 0.5) is 0 Å². The predicted octanol–water partition coefficient (Wildman–Crippen LogP) is 2.27. The molecule has 1 fully saturated rings. The van der Waals surface area contributed by atoms with Crippen molar-refractivity contribution >= 4 is 21.8 Å². The molecule has 1 aromatic carbocycles. The topological polar surface area (TPSA) is 64.4 Å². The molecule has 1 amide bonds. The van der Waals surface area contributed by atoms with E-state index in [9.17, 15) is 4.79 Å². The second-order valence-corrected chi connectivity index (χ2v) is 6.61. The Hall–Kier alpha value is -1.07. The highest BCUT2D eigenvalue weighted by Crippen LogP contribution is 2.33. The van der Waals surface area contributed by atoms with Gasteiger partial charge in [0, 0.05) is 23.0 Å². The number of nitrogens with one attached hydrogen (secondary N) is 1. The Kier molecular flexibility index (Phi) is 3.73. The van der Waals surface area contributed by atoms with Crippen LogP contribution in [0.5, 0.6) is 5.75 Å². The molecule has 2 aliphatic rings. The van der Waals surface area contributed by atoms with E-state index in [1.165, 1.54) is 5.56 Å². The lowest BCUT2D eigenvalue weighted by Crippen LogP contribution is -2.51. The first-order chi connectivity index (χ1) is 9.58. The zero-order chi connectivity index (χ0) is 14.2. The Labute approximate surface area is 127 Å². The Bertz CT molecular complexity index is 539. The van der Waals surface area contributed by atoms with Gasteiger partial charge < -0.3 is 15.8 Å². The van der Waals surface area contributed by atoms with Crippen molar-refractivity contribution in [1.29, 1.82) is 0 Å². The predicted molar refractivity (Wildman–Crippen MR) is 80.6 cm³/mol. The summed E-state index contributed by atoms with van der Waals surface area (Å²) in [5.74, 6) is 0.882. The van der Waals surface area contributed by atoms with E-state index in [0.717, 1.165) is 47.9 Å². The van der Waals surface area contributed by atoms with Crippen LogP contribution in [-0.4, -0.2) is 18.1 Å². The molecule has 0 aromatic heterocycles. The van der Waals surface area contributed by atoms with Crippen molar-refractivity contribution < 1.29 is 9.53 Å². The highest BCUT2D eigenvalue weighted by Gasteiger charge is 2.36. The maximum Gasteiger partial charge on any atom is 0.240 e. The molecule has 1 saturated carbocycles. The van der Waals surface area contributed by atoms with E-state index < -0.39 is 5.54 Å². The van der Waals surface area contributed by atoms with Gasteiger partial charge in [-0.3, -0.25) is 4.79 Å². The van der Waals surface area contributed by atoms with Crippen LogP contribution in [0.25, 0.3) is 0 Å². The zero-order valence-corrected chi connectivity index (χ0v) is 13.0. The molecule has 0 unspecified atom stereocenters. The number of rotatable bonds is 3. The van der Waals surface area contributed by atoms with E-state index in [1.807, 2.05) is 6.07 Å². The van der Waals surface area contributed by atoms with Crippen LogP contribution in [0, 0.1) is 0 Å². The third-order valence-electron chi connectivity index (χ3n) is 4.21. The molecule has 3 N–H and O–H groups in total. The standard InChI is InChI=1S/C15H19BrN2O2/c16-12-7-10-3-6-20-13(10)11(8-12)9-18-14(19)15(17)4-1-2-5-15/h7-8H,1-6,9,17H2,(H,18,19). The van der Waals surface area contributed by atoms with Gasteiger partial charge in [-0.1, -0.05) is 28.8 Å². The van der Waals surface area contributed by atoms with Gasteiger partial charge >= 0.3 is 0 Å². The number of hydrogen-bond acceptors (Lipinski definition) is 3. The fourth-order valence-electron chi connectivity index (χ4n) is 3.06. The van der Waals surface area contributed by atoms with Crippen molar-refractivity contribution in [3.8, 4) is 5.75 Å². The van der Waals surface area contributed by atoms with Crippen LogP contribution in [0.3, 0.4) is 0 Å². The average molecular weight is 339 g/mol. The van der Waals surface area contributed by atoms with Crippen molar-refractivity contribution in [2.24, 2.45) is 5.73 Å². The molecule has 1 heterocycles. The van der Waals surface area contributed by atoms with Gasteiger partial charge in [-0.25, -0.2) is 0 Å². The molecule has 3 rings (SSSR count). The first-order valence-electron chi connectivity index (χ1n) is 7.10. The monoisotopic (exact) mass is 338 g/mol. The molecule has 0 atom stereocenters. The van der Waals surface area contributed by atoms with Crippen molar-refractivity contribution in [3.05, 3.63) is 27.7 Å². The van der Waals surface area contributed by atoms with Gasteiger partial charge in [-0.2, -0.15) is 0 Å². The van der Waals surface area contributed by atoms with E-state index in [-0.39, 0.29) is 5.91 Å². The third-order valence-corrected chi connectivity index (χ3v) is 4.67. The van der Waals surface area contributed by atoms with Gasteiger partial charge in [0.05, 0.1) is 12.1 Å². The molecular formula is C15H19BrN2O2. The van der Waals surface area contributed by atoms with Gasteiger partial charge in [0.25, 0.3) is 0 Å². The smallest absolute Gasteiger partial charge is 0.240 e. The fourth-order valence-corrected chi connectivity index (χ4v) is 3.61. The zero-order valence-electron chi connectivity index (χ0n) is 11.4. The van der Waals surface area contributed by atoms with Crippen molar-refractivity contribution in [3.63, 3.8) is 0 Å². The molecule has 20 heavy (non-hydrogen) atoms. The van der Waals surface area contributed by atoms with E-state index in [2.05, 4.69) is 27.3 Å². The molecule has 0 radical (unpaired) electrons. The van der Waals surface area contributed by atoms with Gasteiger partial charge in [0.1, 0.15) is 5.75 Å². The molecule has 4 nitrogen and oxygen atoms in total. The van der Waals surface area contributed by atoms with Crippen LogP contribution in [0.15, 0.2) is 16.6 Å². The summed E-state index contributed by atoms with van der Waals surface area (Å²) in [7, 11) is 0. The number of carbonyl (C=O) groups is 1. The van der Waals surface area contributed by atoms with Crippen LogP contribution >= 0.6 is 15.9 Å². The summed E-state index contributed by atoms with van der Waals surface area (Å²) in [5.41, 5.74) is 7.70. The highest BCUT2D eigenvalue weighted by molar-refractivity contribution is 9.10. The minimum absolute atomic E-state index is 0.0401. The number of fused-ring (bicyclic) bond motifs is 1. The van der Waals surface area contributed by atoms with Gasteiger partial charge in [-0.15, -0.1) is 0 Å². The van der Waals surface area contributed by atoms with Crippen molar-refractivity contribution in [2.75, 3.05) is 6.61 Å². The lowest BCUT2D eigenvalue weighted by atomic mass is 9.98. The quantitative estimate of drug-likeness (QED) is 0.888. The molecule has 1 aromatic rings. The van der Waals surface area contributed by atoms with Crippen molar-refractivity contribution in [2.45, 2.75) is 44.2 Å². The minimum Gasteiger partial charge on any atom is -0.493 e. The SMILES string of the molecule is NC1(C(=O)NCc2cc(Br)cc3c2OCC3)CCCC1. The number of ether oxygens (including phenoxy) is 1. The van der Waals surface area contributed by atoms with E-state index in [4.69, 9.17) is 10.5 Å². The summed E-state index contributed by atoms with van der Waals surface area (Å²) in [5, 5.41) is 2.97. The van der Waals surface area contributed by atoms with Gasteiger partial charge in [-0.05, 0) is 30.5 Å². The maximum absolute atomic E-state index is 12.2. The second kappa shape index (κ2) is 5.37. The number of carbonyl (C=O) groups excluding carboxylic acids is 1. The average Bonchev–Trinajstić information content (AvgIpc) is 3.04. The number of hydrogen-bond donors (Lipinski definition) is 2. The summed E-state index contributed by atoms with van der Waals surface area (Å²) >= 11 is 3.51. The van der Waals surface area contributed by atoms with Crippen molar-refractivity contribution in [1.82, 2.24) is 5.32 Å². The van der Waals surface area contributed by atoms with Gasteiger partial charge in [0.2, 0.25) is 5.91 Å². The molecule has 0 saturated heterocycles. The van der Waals surface area contributed by atoms with Crippen LogP contribution < -0.4 is 15.8 Å². The number of nitrogens with two attached hydrogens (primary N) is 1. The number of halogens is 1. The Morgan fingerprint density at radius 2 is 2.15 bits per heavy atom. The number of benzene rings is 1. The van der Waals surface area contributed by atoms with Crippen LogP contribution in [-0.2, 0) is 17.8 Å². The number of amides is 1. The summed E-state index contributed by atoms with van der Waals surface area (Å²) in [4.78, 5) is 12.2. The second-order valence-electron chi connectivity index (χ2n) is 5.70. The van der Waals surface area contributed by atoms with E-state index in [0.29, 0.717) is 13.2 Å². The third kappa shape index (κ3) is 2.56. The van der Waals surface area contributed by atoms with Crippen LogP contribution in [0.1, 0.15) is 36.8 Å². The first kappa shape index (κ1) is 13.9. The molecular weight excluding hydrogens is 320 g/mol. The lowest BCUT2D eigenvalue weighted by molar-refractivity contribution is -0.126. The summed E-state index contributed by atoms with van der Waals surface area (Å²) in [6.07, 6.45) is 4.58. The summed E-state index contributed by atoms with van der Waals surface area (Å²) in [6.45, 7) is 1.19. The molecule has 5 heteroatoms.